The van der Waals surface area contributed by atoms with E-state index in [0.717, 1.165) is 5.75 Å². The summed E-state index contributed by atoms with van der Waals surface area (Å²) < 4.78 is 5.60. The molecule has 1 amide bonds. The Bertz CT molecular complexity index is 407. The van der Waals surface area contributed by atoms with Crippen molar-refractivity contribution in [3.63, 3.8) is 0 Å². The molecule has 0 aliphatic rings. The summed E-state index contributed by atoms with van der Waals surface area (Å²) in [6.45, 7) is 7.58. The molecule has 4 heteroatoms. The fourth-order valence-electron chi connectivity index (χ4n) is 1.63. The molecule has 0 aliphatic heterocycles. The molecule has 0 saturated carbocycles. The maximum Gasteiger partial charge on any atom is 0.236 e. The third-order valence-corrected chi connectivity index (χ3v) is 3.02. The average Bonchev–Trinajstić information content (AvgIpc) is 2.37. The minimum Gasteiger partial charge on any atom is -0.492 e. The Morgan fingerprint density at radius 3 is 2.32 bits per heavy atom. The molecule has 19 heavy (non-hydrogen) atoms. The number of rotatable bonds is 5. The molecular formula is C15H24N2O2. The number of hydrogen-bond acceptors (Lipinski definition) is 3. The summed E-state index contributed by atoms with van der Waals surface area (Å²) in [7, 11) is 1.72. The largest absolute Gasteiger partial charge is 0.492 e. The lowest BCUT2D eigenvalue weighted by Gasteiger charge is -2.19. The molecule has 4 nitrogen and oxygen atoms in total. The molecule has 2 N–H and O–H groups in total. The zero-order chi connectivity index (χ0) is 14.5. The smallest absolute Gasteiger partial charge is 0.236 e. The van der Waals surface area contributed by atoms with Crippen LogP contribution < -0.4 is 10.5 Å². The molecule has 0 aromatic heterocycles. The average molecular weight is 264 g/mol. The SMILES string of the molecule is CN(CCOc1ccc(C(C)(C)C)cc1)C(=O)CN. The van der Waals surface area contributed by atoms with Gasteiger partial charge >= 0.3 is 0 Å². The number of nitrogens with zero attached hydrogens (tertiary/aromatic N) is 1. The number of hydrogen-bond donors (Lipinski definition) is 1. The predicted octanol–water partition coefficient (Wildman–Crippen LogP) is 1.78. The number of amides is 1. The third-order valence-electron chi connectivity index (χ3n) is 3.02. The van der Waals surface area contributed by atoms with Crippen molar-refractivity contribution in [3.05, 3.63) is 29.8 Å². The van der Waals surface area contributed by atoms with Crippen LogP contribution in [0.5, 0.6) is 5.75 Å². The van der Waals surface area contributed by atoms with Crippen molar-refractivity contribution in [1.82, 2.24) is 4.90 Å². The van der Waals surface area contributed by atoms with Gasteiger partial charge in [-0.25, -0.2) is 0 Å². The lowest BCUT2D eigenvalue weighted by molar-refractivity contribution is -0.128. The van der Waals surface area contributed by atoms with E-state index in [2.05, 4.69) is 32.9 Å². The molecule has 0 radical (unpaired) electrons. The van der Waals surface area contributed by atoms with E-state index in [4.69, 9.17) is 10.5 Å². The van der Waals surface area contributed by atoms with Crippen LogP contribution in [0.25, 0.3) is 0 Å². The van der Waals surface area contributed by atoms with E-state index >= 15 is 0 Å². The Hall–Kier alpha value is -1.55. The summed E-state index contributed by atoms with van der Waals surface area (Å²) in [5.41, 5.74) is 6.70. The van der Waals surface area contributed by atoms with E-state index in [1.54, 1.807) is 11.9 Å². The number of likely N-dealkylation sites (N-methyl/N-ethyl adjacent to an activating group) is 1. The Balaban J connectivity index is 2.45. The summed E-state index contributed by atoms with van der Waals surface area (Å²) >= 11 is 0. The van der Waals surface area contributed by atoms with Crippen LogP contribution >= 0.6 is 0 Å². The molecule has 106 valence electrons. The first-order valence-corrected chi connectivity index (χ1v) is 6.52. The Labute approximate surface area is 115 Å². The summed E-state index contributed by atoms with van der Waals surface area (Å²) in [6.07, 6.45) is 0. The number of benzene rings is 1. The van der Waals surface area contributed by atoms with Crippen LogP contribution in [0.15, 0.2) is 24.3 Å². The van der Waals surface area contributed by atoms with E-state index in [1.807, 2.05) is 12.1 Å². The molecule has 0 fully saturated rings. The molecule has 0 saturated heterocycles. The Morgan fingerprint density at radius 1 is 1.26 bits per heavy atom. The van der Waals surface area contributed by atoms with Gasteiger partial charge in [-0.3, -0.25) is 4.79 Å². The van der Waals surface area contributed by atoms with Crippen molar-refractivity contribution in [1.29, 1.82) is 0 Å². The van der Waals surface area contributed by atoms with E-state index in [9.17, 15) is 4.79 Å². The van der Waals surface area contributed by atoms with Crippen molar-refractivity contribution in [2.24, 2.45) is 5.73 Å². The number of nitrogens with two attached hydrogens (primary N) is 1. The first-order valence-electron chi connectivity index (χ1n) is 6.52. The van der Waals surface area contributed by atoms with Gasteiger partial charge in [0.05, 0.1) is 13.1 Å². The van der Waals surface area contributed by atoms with Gasteiger partial charge in [-0.05, 0) is 23.1 Å². The zero-order valence-electron chi connectivity index (χ0n) is 12.3. The quantitative estimate of drug-likeness (QED) is 0.882. The van der Waals surface area contributed by atoms with Crippen LogP contribution in [0.2, 0.25) is 0 Å². The second kappa shape index (κ2) is 6.57. The van der Waals surface area contributed by atoms with Gasteiger partial charge in [0.1, 0.15) is 12.4 Å². The summed E-state index contributed by atoms with van der Waals surface area (Å²) in [6, 6.07) is 8.07. The van der Waals surface area contributed by atoms with Crippen LogP contribution in [0, 0.1) is 0 Å². The topological polar surface area (TPSA) is 55.6 Å². The van der Waals surface area contributed by atoms with Crippen LogP contribution in [0.3, 0.4) is 0 Å². The van der Waals surface area contributed by atoms with Crippen molar-refractivity contribution < 1.29 is 9.53 Å². The van der Waals surface area contributed by atoms with E-state index in [0.29, 0.717) is 13.2 Å². The second-order valence-electron chi connectivity index (χ2n) is 5.64. The summed E-state index contributed by atoms with van der Waals surface area (Å²) in [5.74, 6) is 0.744. The molecule has 0 unspecified atom stereocenters. The molecule has 0 bridgehead atoms. The molecule has 0 atom stereocenters. The maximum absolute atomic E-state index is 11.3. The zero-order valence-corrected chi connectivity index (χ0v) is 12.3. The third kappa shape index (κ3) is 4.91. The molecule has 0 spiro atoms. The highest BCUT2D eigenvalue weighted by molar-refractivity contribution is 5.77. The molecule has 0 heterocycles. The van der Waals surface area contributed by atoms with Gasteiger partial charge < -0.3 is 15.4 Å². The van der Waals surface area contributed by atoms with Crippen molar-refractivity contribution in [2.75, 3.05) is 26.7 Å². The van der Waals surface area contributed by atoms with Gasteiger partial charge in [-0.2, -0.15) is 0 Å². The van der Waals surface area contributed by atoms with Crippen molar-refractivity contribution >= 4 is 5.91 Å². The molecule has 1 aromatic carbocycles. The number of ether oxygens (including phenoxy) is 1. The highest BCUT2D eigenvalue weighted by Crippen LogP contribution is 2.24. The predicted molar refractivity (Wildman–Crippen MR) is 77.3 cm³/mol. The van der Waals surface area contributed by atoms with Gasteiger partial charge in [0, 0.05) is 7.05 Å². The van der Waals surface area contributed by atoms with E-state index in [-0.39, 0.29) is 17.9 Å². The van der Waals surface area contributed by atoms with Crippen molar-refractivity contribution in [3.8, 4) is 5.75 Å². The summed E-state index contributed by atoms with van der Waals surface area (Å²) in [5, 5.41) is 0. The van der Waals surface area contributed by atoms with Gasteiger partial charge in [0.25, 0.3) is 0 Å². The van der Waals surface area contributed by atoms with Crippen LogP contribution in [0.4, 0.5) is 0 Å². The van der Waals surface area contributed by atoms with Crippen molar-refractivity contribution in [2.45, 2.75) is 26.2 Å². The maximum atomic E-state index is 11.3. The van der Waals surface area contributed by atoms with Crippen LogP contribution in [0.1, 0.15) is 26.3 Å². The molecular weight excluding hydrogens is 240 g/mol. The first kappa shape index (κ1) is 15.5. The highest BCUT2D eigenvalue weighted by Gasteiger charge is 2.13. The normalized spacial score (nSPS) is 11.2. The first-order chi connectivity index (χ1) is 8.84. The van der Waals surface area contributed by atoms with Crippen LogP contribution in [-0.2, 0) is 10.2 Å². The highest BCUT2D eigenvalue weighted by atomic mass is 16.5. The van der Waals surface area contributed by atoms with Gasteiger partial charge in [-0.1, -0.05) is 32.9 Å². The summed E-state index contributed by atoms with van der Waals surface area (Å²) in [4.78, 5) is 12.8. The lowest BCUT2D eigenvalue weighted by atomic mass is 9.87. The van der Waals surface area contributed by atoms with Gasteiger partial charge in [0.2, 0.25) is 5.91 Å². The molecule has 0 aliphatic carbocycles. The van der Waals surface area contributed by atoms with E-state index < -0.39 is 0 Å². The number of carbonyl (C=O) groups excluding carboxylic acids is 1. The fourth-order valence-corrected chi connectivity index (χ4v) is 1.63. The van der Waals surface area contributed by atoms with E-state index in [1.165, 1.54) is 5.56 Å². The Kier molecular flexibility index (Phi) is 5.36. The van der Waals surface area contributed by atoms with Gasteiger partial charge in [0.15, 0.2) is 0 Å². The second-order valence-corrected chi connectivity index (χ2v) is 5.64. The standard InChI is InChI=1S/C15H24N2O2/c1-15(2,3)12-5-7-13(8-6-12)19-10-9-17(4)14(18)11-16/h5-8H,9-11,16H2,1-4H3. The Morgan fingerprint density at radius 2 is 1.84 bits per heavy atom. The van der Waals surface area contributed by atoms with Gasteiger partial charge in [-0.15, -0.1) is 0 Å². The lowest BCUT2D eigenvalue weighted by Crippen LogP contribution is -2.35. The fraction of sp³-hybridized carbons (Fsp3) is 0.533. The molecule has 1 rings (SSSR count). The molecule has 1 aromatic rings. The minimum atomic E-state index is -0.0771. The van der Waals surface area contributed by atoms with Crippen LogP contribution in [-0.4, -0.2) is 37.6 Å². The minimum absolute atomic E-state index is 0.0385. The monoisotopic (exact) mass is 264 g/mol. The number of carbonyl (C=O) groups is 1.